The number of aryl methyl sites for hydroxylation is 1. The van der Waals surface area contributed by atoms with Crippen molar-refractivity contribution in [3.8, 4) is 0 Å². The van der Waals surface area contributed by atoms with Crippen LogP contribution in [0.4, 0.5) is 0 Å². The second-order valence-corrected chi connectivity index (χ2v) is 5.55. The highest BCUT2D eigenvalue weighted by Crippen LogP contribution is 2.14. The number of hydrogen-bond acceptors (Lipinski definition) is 2. The van der Waals surface area contributed by atoms with Gasteiger partial charge >= 0.3 is 0 Å². The summed E-state index contributed by atoms with van der Waals surface area (Å²) in [6.07, 6.45) is 1.95. The molecule has 1 unspecified atom stereocenters. The van der Waals surface area contributed by atoms with E-state index in [-0.39, 0.29) is 24.0 Å². The van der Waals surface area contributed by atoms with Gasteiger partial charge in [-0.25, -0.2) is 0 Å². The Labute approximate surface area is 123 Å². The van der Waals surface area contributed by atoms with E-state index in [1.807, 2.05) is 6.92 Å². The molecule has 3 heteroatoms. The van der Waals surface area contributed by atoms with Crippen LogP contribution in [0.2, 0.25) is 0 Å². The van der Waals surface area contributed by atoms with Gasteiger partial charge in [-0.15, -0.1) is 0 Å². The maximum absolute atomic E-state index is 12.1. The van der Waals surface area contributed by atoms with Gasteiger partial charge in [0.25, 0.3) is 0 Å². The fraction of sp³-hybridized carbons (Fsp3) is 0.588. The number of rotatable bonds is 7. The molecule has 1 rings (SSSR count). The van der Waals surface area contributed by atoms with E-state index in [1.165, 1.54) is 11.1 Å². The molecule has 2 atom stereocenters. The van der Waals surface area contributed by atoms with Crippen molar-refractivity contribution in [3.05, 3.63) is 35.4 Å². The highest BCUT2D eigenvalue weighted by molar-refractivity contribution is 5.81. The number of carbonyl (C=O) groups is 1. The smallest absolute Gasteiger partial charge is 0.237 e. The normalized spacial score (nSPS) is 14.1. The van der Waals surface area contributed by atoms with Gasteiger partial charge in [0.1, 0.15) is 0 Å². The Balaban J connectivity index is 2.56. The van der Waals surface area contributed by atoms with Crippen molar-refractivity contribution in [1.82, 2.24) is 10.6 Å². The third kappa shape index (κ3) is 4.97. The van der Waals surface area contributed by atoms with Crippen LogP contribution in [0.1, 0.15) is 57.7 Å². The average molecular weight is 276 g/mol. The first-order valence-corrected chi connectivity index (χ1v) is 7.60. The van der Waals surface area contributed by atoms with Crippen molar-refractivity contribution in [3.63, 3.8) is 0 Å². The van der Waals surface area contributed by atoms with Gasteiger partial charge in [-0.05, 0) is 39.2 Å². The van der Waals surface area contributed by atoms with Gasteiger partial charge < -0.3 is 5.32 Å². The minimum Gasteiger partial charge on any atom is -0.352 e. The fourth-order valence-electron chi connectivity index (χ4n) is 2.31. The predicted octanol–water partition coefficient (Wildman–Crippen LogP) is 3.34. The van der Waals surface area contributed by atoms with Gasteiger partial charge in [0.15, 0.2) is 0 Å². The van der Waals surface area contributed by atoms with Gasteiger partial charge in [-0.2, -0.15) is 0 Å². The summed E-state index contributed by atoms with van der Waals surface area (Å²) in [6, 6.07) is 8.64. The molecule has 1 amide bonds. The Morgan fingerprint density at radius 2 is 1.85 bits per heavy atom. The standard InChI is InChI=1S/C17H28N2O/c1-6-16(7-2)19-17(20)14(5)18-13(4)15-10-8-9-12(3)11-15/h8-11,13-14,16,18H,6-7H2,1-5H3,(H,19,20)/t13-,14?/m1/s1. The molecule has 0 aromatic heterocycles. The van der Waals surface area contributed by atoms with Crippen LogP contribution in [-0.4, -0.2) is 18.0 Å². The van der Waals surface area contributed by atoms with Crippen LogP contribution in [-0.2, 0) is 4.79 Å². The van der Waals surface area contributed by atoms with Crippen LogP contribution in [0.25, 0.3) is 0 Å². The predicted molar refractivity (Wildman–Crippen MR) is 84.7 cm³/mol. The second kappa shape index (κ2) is 8.05. The number of carbonyl (C=O) groups excluding carboxylic acids is 1. The number of amides is 1. The van der Waals surface area contributed by atoms with E-state index in [0.717, 1.165) is 12.8 Å². The molecule has 3 nitrogen and oxygen atoms in total. The molecule has 0 aliphatic rings. The first kappa shape index (κ1) is 16.7. The van der Waals surface area contributed by atoms with Crippen molar-refractivity contribution in [1.29, 1.82) is 0 Å². The van der Waals surface area contributed by atoms with Gasteiger partial charge in [-0.3, -0.25) is 10.1 Å². The Morgan fingerprint density at radius 3 is 2.40 bits per heavy atom. The minimum absolute atomic E-state index is 0.0817. The summed E-state index contributed by atoms with van der Waals surface area (Å²) in [5, 5.41) is 6.45. The SMILES string of the molecule is CCC(CC)NC(=O)C(C)N[C@H](C)c1cccc(C)c1. The molecule has 1 aromatic carbocycles. The summed E-state index contributed by atoms with van der Waals surface area (Å²) in [7, 11) is 0. The zero-order chi connectivity index (χ0) is 15.1. The largest absolute Gasteiger partial charge is 0.352 e. The average Bonchev–Trinajstić information content (AvgIpc) is 2.44. The molecule has 0 aliphatic heterocycles. The third-order valence-electron chi connectivity index (χ3n) is 3.77. The number of nitrogens with one attached hydrogen (secondary N) is 2. The molecule has 1 aromatic rings. The molecule has 112 valence electrons. The van der Waals surface area contributed by atoms with Crippen LogP contribution < -0.4 is 10.6 Å². The Bertz CT molecular complexity index is 427. The van der Waals surface area contributed by atoms with E-state index >= 15 is 0 Å². The quantitative estimate of drug-likeness (QED) is 0.802. The molecule has 0 bridgehead atoms. The molecule has 0 saturated heterocycles. The molecule has 0 fully saturated rings. The summed E-state index contributed by atoms with van der Waals surface area (Å²) >= 11 is 0. The Morgan fingerprint density at radius 1 is 1.20 bits per heavy atom. The molecular formula is C17H28N2O. The molecular weight excluding hydrogens is 248 g/mol. The van der Waals surface area contributed by atoms with E-state index in [2.05, 4.69) is 62.6 Å². The summed E-state index contributed by atoms with van der Waals surface area (Å²) in [5.74, 6) is 0.0817. The summed E-state index contributed by atoms with van der Waals surface area (Å²) in [4.78, 5) is 12.1. The molecule has 2 N–H and O–H groups in total. The van der Waals surface area contributed by atoms with E-state index < -0.39 is 0 Å². The molecule has 0 radical (unpaired) electrons. The molecule has 0 spiro atoms. The van der Waals surface area contributed by atoms with Crippen molar-refractivity contribution in [2.75, 3.05) is 0 Å². The van der Waals surface area contributed by atoms with Crippen molar-refractivity contribution >= 4 is 5.91 Å². The van der Waals surface area contributed by atoms with Crippen molar-refractivity contribution in [2.45, 2.75) is 65.6 Å². The molecule has 0 heterocycles. The number of benzene rings is 1. The van der Waals surface area contributed by atoms with E-state index in [9.17, 15) is 4.79 Å². The maximum Gasteiger partial charge on any atom is 0.237 e. The lowest BCUT2D eigenvalue weighted by Crippen LogP contribution is -2.46. The maximum atomic E-state index is 12.1. The number of hydrogen-bond donors (Lipinski definition) is 2. The van der Waals surface area contributed by atoms with Gasteiger partial charge in [0.2, 0.25) is 5.91 Å². The Kier molecular flexibility index (Phi) is 6.73. The highest BCUT2D eigenvalue weighted by atomic mass is 16.2. The van der Waals surface area contributed by atoms with Gasteiger partial charge in [0.05, 0.1) is 6.04 Å². The monoisotopic (exact) mass is 276 g/mol. The third-order valence-corrected chi connectivity index (χ3v) is 3.77. The summed E-state index contributed by atoms with van der Waals surface area (Å²) < 4.78 is 0. The van der Waals surface area contributed by atoms with Crippen LogP contribution in [0, 0.1) is 6.92 Å². The molecule has 0 saturated carbocycles. The molecule has 0 aliphatic carbocycles. The zero-order valence-corrected chi connectivity index (χ0v) is 13.4. The summed E-state index contributed by atoms with van der Waals surface area (Å²) in [6.45, 7) is 10.3. The lowest BCUT2D eigenvalue weighted by molar-refractivity contribution is -0.123. The second-order valence-electron chi connectivity index (χ2n) is 5.55. The van der Waals surface area contributed by atoms with Crippen LogP contribution in [0.5, 0.6) is 0 Å². The topological polar surface area (TPSA) is 41.1 Å². The van der Waals surface area contributed by atoms with Gasteiger partial charge in [0, 0.05) is 12.1 Å². The lowest BCUT2D eigenvalue weighted by Gasteiger charge is -2.23. The molecule has 20 heavy (non-hydrogen) atoms. The highest BCUT2D eigenvalue weighted by Gasteiger charge is 2.18. The van der Waals surface area contributed by atoms with Crippen LogP contribution >= 0.6 is 0 Å². The minimum atomic E-state index is -0.189. The van der Waals surface area contributed by atoms with Crippen molar-refractivity contribution < 1.29 is 4.79 Å². The van der Waals surface area contributed by atoms with E-state index in [1.54, 1.807) is 0 Å². The fourth-order valence-corrected chi connectivity index (χ4v) is 2.31. The van der Waals surface area contributed by atoms with Crippen LogP contribution in [0.15, 0.2) is 24.3 Å². The lowest BCUT2D eigenvalue weighted by atomic mass is 10.0. The zero-order valence-electron chi connectivity index (χ0n) is 13.4. The first-order valence-electron chi connectivity index (χ1n) is 7.60. The summed E-state index contributed by atoms with van der Waals surface area (Å²) in [5.41, 5.74) is 2.46. The Hall–Kier alpha value is -1.35. The van der Waals surface area contributed by atoms with Crippen molar-refractivity contribution in [2.24, 2.45) is 0 Å². The van der Waals surface area contributed by atoms with Gasteiger partial charge in [-0.1, -0.05) is 43.7 Å². The van der Waals surface area contributed by atoms with Crippen LogP contribution in [0.3, 0.4) is 0 Å². The first-order chi connectivity index (χ1) is 9.47. The van der Waals surface area contributed by atoms with E-state index in [4.69, 9.17) is 0 Å². The van der Waals surface area contributed by atoms with E-state index in [0.29, 0.717) is 0 Å².